The van der Waals surface area contributed by atoms with E-state index in [0.29, 0.717) is 29.8 Å². The van der Waals surface area contributed by atoms with E-state index in [0.717, 1.165) is 32.5 Å². The van der Waals surface area contributed by atoms with Gasteiger partial charge in [0.2, 0.25) is 0 Å². The average molecular weight is 410 g/mol. The Bertz CT molecular complexity index is 1030. The predicted octanol–water partition coefficient (Wildman–Crippen LogP) is 2.23. The zero-order valence-corrected chi connectivity index (χ0v) is 17.9. The number of rotatable bonds is 7. The fourth-order valence-electron chi connectivity index (χ4n) is 4.40. The molecule has 160 valence electrons. The van der Waals surface area contributed by atoms with Crippen molar-refractivity contribution in [3.05, 3.63) is 58.8 Å². The molecule has 1 unspecified atom stereocenters. The zero-order valence-electron chi connectivity index (χ0n) is 17.9. The molecule has 1 saturated heterocycles. The molecule has 0 spiro atoms. The number of fused-ring (bicyclic) bond motifs is 1. The van der Waals surface area contributed by atoms with Gasteiger partial charge in [0.25, 0.3) is 5.56 Å². The number of benzene rings is 1. The summed E-state index contributed by atoms with van der Waals surface area (Å²) in [5.41, 5.74) is 0.952. The summed E-state index contributed by atoms with van der Waals surface area (Å²) in [5.74, 6) is 0.608. The first-order chi connectivity index (χ1) is 14.4. The van der Waals surface area contributed by atoms with E-state index < -0.39 is 5.60 Å². The van der Waals surface area contributed by atoms with E-state index in [1.165, 1.54) is 16.5 Å². The van der Waals surface area contributed by atoms with Crippen LogP contribution < -0.4 is 5.56 Å². The average Bonchev–Trinajstić information content (AvgIpc) is 3.13. The van der Waals surface area contributed by atoms with Gasteiger partial charge in [-0.2, -0.15) is 5.10 Å². The van der Waals surface area contributed by atoms with Gasteiger partial charge in [0, 0.05) is 26.7 Å². The van der Waals surface area contributed by atoms with Crippen LogP contribution >= 0.6 is 0 Å². The fraction of sp³-hybridized carbons (Fsp3) is 0.522. The Morgan fingerprint density at radius 2 is 1.93 bits per heavy atom. The molecular weight excluding hydrogens is 378 g/mol. The van der Waals surface area contributed by atoms with Crippen LogP contribution in [0.2, 0.25) is 0 Å². The predicted molar refractivity (Wildman–Crippen MR) is 117 cm³/mol. The number of aromatic nitrogens is 4. The minimum absolute atomic E-state index is 0.140. The highest BCUT2D eigenvalue weighted by Gasteiger charge is 2.33. The van der Waals surface area contributed by atoms with Crippen molar-refractivity contribution in [2.75, 3.05) is 19.6 Å². The van der Waals surface area contributed by atoms with Crippen molar-refractivity contribution < 1.29 is 5.11 Å². The van der Waals surface area contributed by atoms with Crippen molar-refractivity contribution in [1.29, 1.82) is 0 Å². The maximum atomic E-state index is 12.7. The van der Waals surface area contributed by atoms with Crippen LogP contribution in [0, 0.1) is 5.92 Å². The minimum atomic E-state index is -0.870. The van der Waals surface area contributed by atoms with Crippen LogP contribution in [-0.4, -0.2) is 54.6 Å². The van der Waals surface area contributed by atoms with Gasteiger partial charge < -0.3 is 10.0 Å². The molecule has 3 aromatic rings. The van der Waals surface area contributed by atoms with Gasteiger partial charge in [-0.05, 0) is 37.2 Å². The molecule has 0 amide bonds. The quantitative estimate of drug-likeness (QED) is 0.648. The summed E-state index contributed by atoms with van der Waals surface area (Å²) in [5, 5.41) is 15.7. The molecule has 3 heterocycles. The summed E-state index contributed by atoms with van der Waals surface area (Å²) in [6.45, 7) is 5.33. The molecular formula is C23H31N5O2. The van der Waals surface area contributed by atoms with Gasteiger partial charge >= 0.3 is 0 Å². The summed E-state index contributed by atoms with van der Waals surface area (Å²) in [7, 11) is 1.77. The Hall–Kier alpha value is -2.51. The van der Waals surface area contributed by atoms with Gasteiger partial charge in [0.15, 0.2) is 5.65 Å². The molecule has 1 N–H and O–H groups in total. The van der Waals surface area contributed by atoms with Crippen molar-refractivity contribution in [2.45, 2.75) is 44.8 Å². The molecule has 7 nitrogen and oxygen atoms in total. The maximum Gasteiger partial charge on any atom is 0.264 e. The summed E-state index contributed by atoms with van der Waals surface area (Å²) in [6.07, 6.45) is 6.67. The third-order valence-electron chi connectivity index (χ3n) is 6.31. The molecule has 1 aliphatic heterocycles. The Balaban J connectivity index is 1.30. The summed E-state index contributed by atoms with van der Waals surface area (Å²) in [6, 6.07) is 10.6. The van der Waals surface area contributed by atoms with Crippen molar-refractivity contribution in [1.82, 2.24) is 24.2 Å². The van der Waals surface area contributed by atoms with E-state index in [9.17, 15) is 9.90 Å². The van der Waals surface area contributed by atoms with Gasteiger partial charge in [-0.1, -0.05) is 37.3 Å². The monoisotopic (exact) mass is 409 g/mol. The van der Waals surface area contributed by atoms with Gasteiger partial charge in [-0.15, -0.1) is 0 Å². The fourth-order valence-corrected chi connectivity index (χ4v) is 4.40. The molecule has 7 heteroatoms. The number of nitrogens with zero attached hydrogens (tertiary/aromatic N) is 5. The smallest absolute Gasteiger partial charge is 0.264 e. The zero-order chi connectivity index (χ0) is 21.1. The second-order valence-corrected chi connectivity index (χ2v) is 8.84. The number of hydrogen-bond donors (Lipinski definition) is 1. The van der Waals surface area contributed by atoms with E-state index in [4.69, 9.17) is 0 Å². The summed E-state index contributed by atoms with van der Waals surface area (Å²) < 4.78 is 3.12. The number of aliphatic hydroxyl groups is 1. The molecule has 4 rings (SSSR count). The topological polar surface area (TPSA) is 76.2 Å². The first-order valence-corrected chi connectivity index (χ1v) is 10.8. The third-order valence-corrected chi connectivity index (χ3v) is 6.31. The molecule has 0 radical (unpaired) electrons. The third kappa shape index (κ3) is 4.63. The Morgan fingerprint density at radius 1 is 1.20 bits per heavy atom. The lowest BCUT2D eigenvalue weighted by Gasteiger charge is -2.39. The molecule has 0 saturated carbocycles. The van der Waals surface area contributed by atoms with Crippen LogP contribution in [0.25, 0.3) is 11.0 Å². The highest BCUT2D eigenvalue weighted by molar-refractivity contribution is 5.72. The lowest BCUT2D eigenvalue weighted by Crippen LogP contribution is -2.48. The van der Waals surface area contributed by atoms with Crippen LogP contribution in [-0.2, 0) is 20.0 Å². The molecule has 1 aromatic carbocycles. The van der Waals surface area contributed by atoms with Crippen molar-refractivity contribution in [3.63, 3.8) is 0 Å². The van der Waals surface area contributed by atoms with Crippen LogP contribution in [0.15, 0.2) is 47.7 Å². The molecule has 1 aliphatic rings. The number of piperidine rings is 1. The number of likely N-dealkylation sites (tertiary alicyclic amines) is 1. The SMILES string of the molecule is CC(CCc1ccccc1)CN1CCC(O)(Cn2cnc3c(cnn3C)c2=O)CC1. The molecule has 2 aromatic heterocycles. The second-order valence-electron chi connectivity index (χ2n) is 8.84. The van der Waals surface area contributed by atoms with E-state index >= 15 is 0 Å². The first-order valence-electron chi connectivity index (χ1n) is 10.8. The van der Waals surface area contributed by atoms with E-state index in [1.54, 1.807) is 17.9 Å². The van der Waals surface area contributed by atoms with Crippen molar-refractivity contribution in [3.8, 4) is 0 Å². The van der Waals surface area contributed by atoms with Crippen LogP contribution in [0.3, 0.4) is 0 Å². The van der Waals surface area contributed by atoms with Crippen LogP contribution in [0.5, 0.6) is 0 Å². The molecule has 1 atom stereocenters. The number of hydrogen-bond acceptors (Lipinski definition) is 5. The molecule has 0 aliphatic carbocycles. The highest BCUT2D eigenvalue weighted by atomic mass is 16.3. The van der Waals surface area contributed by atoms with E-state index in [1.807, 2.05) is 0 Å². The second kappa shape index (κ2) is 8.70. The minimum Gasteiger partial charge on any atom is -0.388 e. The Labute approximate surface area is 177 Å². The normalized spacial score (nSPS) is 18.0. The molecule has 1 fully saturated rings. The van der Waals surface area contributed by atoms with Crippen LogP contribution in [0.4, 0.5) is 0 Å². The van der Waals surface area contributed by atoms with E-state index in [2.05, 4.69) is 52.2 Å². The summed E-state index contributed by atoms with van der Waals surface area (Å²) >= 11 is 0. The lowest BCUT2D eigenvalue weighted by atomic mass is 9.90. The van der Waals surface area contributed by atoms with Gasteiger partial charge in [-0.3, -0.25) is 14.0 Å². The van der Waals surface area contributed by atoms with Crippen molar-refractivity contribution in [2.24, 2.45) is 13.0 Å². The van der Waals surface area contributed by atoms with Crippen molar-refractivity contribution >= 4 is 11.0 Å². The van der Waals surface area contributed by atoms with Gasteiger partial charge in [0.1, 0.15) is 11.7 Å². The molecule has 0 bridgehead atoms. The largest absolute Gasteiger partial charge is 0.388 e. The Kier molecular flexibility index (Phi) is 6.01. The first kappa shape index (κ1) is 20.8. The van der Waals surface area contributed by atoms with Crippen LogP contribution in [0.1, 0.15) is 31.7 Å². The van der Waals surface area contributed by atoms with Gasteiger partial charge in [0.05, 0.1) is 18.3 Å². The van der Waals surface area contributed by atoms with E-state index in [-0.39, 0.29) is 12.1 Å². The standard InChI is InChI=1S/C23H31N5O2/c1-18(8-9-19-6-4-3-5-7-19)15-27-12-10-23(30,11-13-27)16-28-17-24-21-20(22(28)29)14-25-26(21)2/h3-7,14,17-18,30H,8-13,15-16H2,1-2H3. The highest BCUT2D eigenvalue weighted by Crippen LogP contribution is 2.25. The lowest BCUT2D eigenvalue weighted by molar-refractivity contribution is -0.0371. The number of aryl methyl sites for hydroxylation is 2. The Morgan fingerprint density at radius 3 is 2.67 bits per heavy atom. The molecule has 30 heavy (non-hydrogen) atoms. The maximum absolute atomic E-state index is 12.7. The summed E-state index contributed by atoms with van der Waals surface area (Å²) in [4.78, 5) is 19.5. The van der Waals surface area contributed by atoms with Gasteiger partial charge in [-0.25, -0.2) is 4.98 Å².